The first-order chi connectivity index (χ1) is 8.90. The fourth-order valence-corrected chi connectivity index (χ4v) is 2.55. The minimum absolute atomic E-state index is 0.116. The number of anilines is 1. The number of rotatable bonds is 5. The van der Waals surface area contributed by atoms with Crippen LogP contribution in [0.1, 0.15) is 37.8 Å². The van der Waals surface area contributed by atoms with Crippen molar-refractivity contribution in [2.75, 3.05) is 18.5 Å². The van der Waals surface area contributed by atoms with Crippen molar-refractivity contribution in [1.29, 1.82) is 0 Å². The number of carbonyl (C=O) groups is 1. The highest BCUT2D eigenvalue weighted by Crippen LogP contribution is 2.30. The summed E-state index contributed by atoms with van der Waals surface area (Å²) in [6.07, 6.45) is 1.54. The highest BCUT2D eigenvalue weighted by molar-refractivity contribution is 5.97. The van der Waals surface area contributed by atoms with Gasteiger partial charge in [0.15, 0.2) is 0 Å². The van der Waals surface area contributed by atoms with Crippen molar-refractivity contribution in [2.24, 2.45) is 11.1 Å². The van der Waals surface area contributed by atoms with Crippen LogP contribution in [0.5, 0.6) is 0 Å². The van der Waals surface area contributed by atoms with Crippen molar-refractivity contribution >= 4 is 11.6 Å². The maximum Gasteiger partial charge on any atom is 0.234 e. The summed E-state index contributed by atoms with van der Waals surface area (Å²) < 4.78 is 0. The van der Waals surface area contributed by atoms with Crippen molar-refractivity contribution in [3.05, 3.63) is 29.3 Å². The number of nitrogens with two attached hydrogens (primary N) is 1. The lowest BCUT2D eigenvalue weighted by Gasteiger charge is -2.33. The third-order valence-electron chi connectivity index (χ3n) is 4.10. The van der Waals surface area contributed by atoms with Crippen LogP contribution < -0.4 is 10.6 Å². The molecule has 0 aliphatic heterocycles. The minimum atomic E-state index is -0.438. The molecule has 0 saturated heterocycles. The molecule has 3 heteroatoms. The maximum atomic E-state index is 12.7. The molecule has 2 N–H and O–H groups in total. The Morgan fingerprint density at radius 3 is 2.00 bits per heavy atom. The Morgan fingerprint density at radius 2 is 1.63 bits per heavy atom. The Balaban J connectivity index is 3.11. The molecule has 1 amide bonds. The van der Waals surface area contributed by atoms with Gasteiger partial charge in [-0.3, -0.25) is 4.79 Å². The number of hydrogen-bond acceptors (Lipinski definition) is 2. The molecule has 0 aliphatic rings. The van der Waals surface area contributed by atoms with E-state index in [2.05, 4.69) is 6.07 Å². The van der Waals surface area contributed by atoms with E-state index < -0.39 is 5.41 Å². The van der Waals surface area contributed by atoms with Crippen molar-refractivity contribution in [3.63, 3.8) is 0 Å². The molecule has 19 heavy (non-hydrogen) atoms. The molecule has 0 unspecified atom stereocenters. The fraction of sp³-hybridized carbons (Fsp3) is 0.562. The van der Waals surface area contributed by atoms with Gasteiger partial charge in [-0.1, -0.05) is 19.9 Å². The molecule has 1 aromatic rings. The monoisotopic (exact) mass is 262 g/mol. The van der Waals surface area contributed by atoms with Crippen LogP contribution in [-0.2, 0) is 4.79 Å². The maximum absolute atomic E-state index is 12.7. The molecule has 0 aliphatic carbocycles. The molecule has 0 saturated carbocycles. The predicted molar refractivity (Wildman–Crippen MR) is 81.4 cm³/mol. The van der Waals surface area contributed by atoms with Gasteiger partial charge in [-0.25, -0.2) is 0 Å². The van der Waals surface area contributed by atoms with Crippen LogP contribution in [0, 0.1) is 19.3 Å². The quantitative estimate of drug-likeness (QED) is 0.886. The largest absolute Gasteiger partial charge is 0.329 e. The number of amides is 1. The Hall–Kier alpha value is -1.35. The van der Waals surface area contributed by atoms with E-state index in [9.17, 15) is 4.79 Å². The molecule has 3 nitrogen and oxygen atoms in total. The van der Waals surface area contributed by atoms with Gasteiger partial charge in [-0.15, -0.1) is 0 Å². The van der Waals surface area contributed by atoms with Gasteiger partial charge in [-0.05, 0) is 49.9 Å². The summed E-state index contributed by atoms with van der Waals surface area (Å²) >= 11 is 0. The lowest BCUT2D eigenvalue weighted by molar-refractivity contribution is -0.127. The summed E-state index contributed by atoms with van der Waals surface area (Å²) in [5, 5.41) is 0. The molecule has 0 aromatic heterocycles. The van der Waals surface area contributed by atoms with Gasteiger partial charge in [-0.2, -0.15) is 0 Å². The Bertz CT molecular complexity index is 422. The first-order valence-corrected chi connectivity index (χ1v) is 6.96. The Morgan fingerprint density at radius 1 is 1.16 bits per heavy atom. The highest BCUT2D eigenvalue weighted by Gasteiger charge is 2.36. The van der Waals surface area contributed by atoms with Crippen molar-refractivity contribution in [2.45, 2.75) is 40.5 Å². The summed E-state index contributed by atoms with van der Waals surface area (Å²) in [5.41, 5.74) is 8.70. The van der Waals surface area contributed by atoms with E-state index in [1.54, 1.807) is 4.90 Å². The minimum Gasteiger partial charge on any atom is -0.329 e. The Labute approximate surface area is 116 Å². The van der Waals surface area contributed by atoms with E-state index in [-0.39, 0.29) is 5.91 Å². The van der Waals surface area contributed by atoms with Crippen molar-refractivity contribution < 1.29 is 4.79 Å². The van der Waals surface area contributed by atoms with E-state index in [1.165, 1.54) is 11.1 Å². The van der Waals surface area contributed by atoms with E-state index in [0.717, 1.165) is 18.5 Å². The topological polar surface area (TPSA) is 46.3 Å². The van der Waals surface area contributed by atoms with Crippen LogP contribution in [-0.4, -0.2) is 19.5 Å². The van der Waals surface area contributed by atoms with Crippen LogP contribution >= 0.6 is 0 Å². The third kappa shape index (κ3) is 3.16. The van der Waals surface area contributed by atoms with E-state index in [4.69, 9.17) is 5.73 Å². The molecule has 0 bridgehead atoms. The van der Waals surface area contributed by atoms with Gasteiger partial charge in [0.1, 0.15) is 0 Å². The van der Waals surface area contributed by atoms with Crippen molar-refractivity contribution in [1.82, 2.24) is 0 Å². The first-order valence-electron chi connectivity index (χ1n) is 6.96. The number of carbonyl (C=O) groups excluding carboxylic acids is 1. The van der Waals surface area contributed by atoms with Gasteiger partial charge >= 0.3 is 0 Å². The molecule has 0 radical (unpaired) electrons. The third-order valence-corrected chi connectivity index (χ3v) is 4.10. The van der Waals surface area contributed by atoms with Gasteiger partial charge < -0.3 is 10.6 Å². The molecule has 0 heterocycles. The SMILES string of the molecule is CCC(CC)(CN)C(=O)N(C)c1cc(C)cc(C)c1. The number of benzene rings is 1. The smallest absolute Gasteiger partial charge is 0.234 e. The summed E-state index contributed by atoms with van der Waals surface area (Å²) in [6.45, 7) is 8.55. The highest BCUT2D eigenvalue weighted by atomic mass is 16.2. The summed E-state index contributed by atoms with van der Waals surface area (Å²) in [4.78, 5) is 14.5. The summed E-state index contributed by atoms with van der Waals surface area (Å²) in [7, 11) is 1.84. The van der Waals surface area contributed by atoms with Gasteiger partial charge in [0, 0.05) is 19.3 Å². The zero-order chi connectivity index (χ0) is 14.6. The van der Waals surface area contributed by atoms with E-state index in [0.29, 0.717) is 6.54 Å². The second-order valence-corrected chi connectivity index (χ2v) is 5.40. The average molecular weight is 262 g/mol. The Kier molecular flexibility index (Phi) is 5.12. The molecule has 1 aromatic carbocycles. The average Bonchev–Trinajstić information content (AvgIpc) is 2.39. The van der Waals surface area contributed by atoms with Crippen LogP contribution in [0.4, 0.5) is 5.69 Å². The van der Waals surface area contributed by atoms with Crippen LogP contribution in [0.15, 0.2) is 18.2 Å². The lowest BCUT2D eigenvalue weighted by Crippen LogP contribution is -2.46. The second-order valence-electron chi connectivity index (χ2n) is 5.40. The van der Waals surface area contributed by atoms with Crippen LogP contribution in [0.2, 0.25) is 0 Å². The molecular formula is C16H26N2O. The van der Waals surface area contributed by atoms with Crippen LogP contribution in [0.3, 0.4) is 0 Å². The van der Waals surface area contributed by atoms with Crippen LogP contribution in [0.25, 0.3) is 0 Å². The molecule has 0 spiro atoms. The second kappa shape index (κ2) is 6.20. The molecule has 1 rings (SSSR count). The number of nitrogens with zero attached hydrogens (tertiary/aromatic N) is 1. The predicted octanol–water partition coefficient (Wildman–Crippen LogP) is 3.03. The van der Waals surface area contributed by atoms with E-state index in [1.807, 2.05) is 46.9 Å². The number of hydrogen-bond donors (Lipinski definition) is 1. The molecule has 0 fully saturated rings. The summed E-state index contributed by atoms with van der Waals surface area (Å²) in [5.74, 6) is 0.116. The number of aryl methyl sites for hydroxylation is 2. The molecular weight excluding hydrogens is 236 g/mol. The van der Waals surface area contributed by atoms with Gasteiger partial charge in [0.05, 0.1) is 5.41 Å². The normalized spacial score (nSPS) is 11.5. The zero-order valence-corrected chi connectivity index (χ0v) is 12.8. The zero-order valence-electron chi connectivity index (χ0n) is 12.8. The fourth-order valence-electron chi connectivity index (χ4n) is 2.55. The van der Waals surface area contributed by atoms with Gasteiger partial charge in [0.25, 0.3) is 0 Å². The lowest BCUT2D eigenvalue weighted by atomic mass is 9.81. The first kappa shape index (κ1) is 15.7. The van der Waals surface area contributed by atoms with Gasteiger partial charge in [0.2, 0.25) is 5.91 Å². The summed E-state index contributed by atoms with van der Waals surface area (Å²) in [6, 6.07) is 6.19. The van der Waals surface area contributed by atoms with E-state index >= 15 is 0 Å². The molecule has 0 atom stereocenters. The molecule has 106 valence electrons. The standard InChI is InChI=1S/C16H26N2O/c1-6-16(7-2,11-17)15(19)18(5)14-9-12(3)8-13(4)10-14/h8-10H,6-7,11,17H2,1-5H3. The van der Waals surface area contributed by atoms with Crippen molar-refractivity contribution in [3.8, 4) is 0 Å².